The Bertz CT molecular complexity index is 893. The number of nitrogens with one attached hydrogen (secondary N) is 2. The van der Waals surface area contributed by atoms with Crippen LogP contribution in [0, 0.1) is 0 Å². The van der Waals surface area contributed by atoms with Crippen molar-refractivity contribution in [3.8, 4) is 5.75 Å². The first-order valence-corrected chi connectivity index (χ1v) is 10.7. The standard InChI is InChI=1S/C21H28N2O4S/c1-15(2)23-28(25,26)18-12-9-17(10-13-18)11-14-21(24)22-16(3)19-7-5-6-8-20(19)27-4/h5-10,12-13,15-16,23H,11,14H2,1-4H3,(H,22,24). The van der Waals surface area contributed by atoms with Crippen molar-refractivity contribution in [2.24, 2.45) is 0 Å². The van der Waals surface area contributed by atoms with E-state index in [2.05, 4.69) is 10.0 Å². The van der Waals surface area contributed by atoms with Crippen LogP contribution in [0.5, 0.6) is 5.75 Å². The van der Waals surface area contributed by atoms with Gasteiger partial charge in [-0.15, -0.1) is 0 Å². The third-order valence-corrected chi connectivity index (χ3v) is 5.92. The van der Waals surface area contributed by atoms with Crippen LogP contribution in [-0.2, 0) is 21.2 Å². The summed E-state index contributed by atoms with van der Waals surface area (Å²) in [6.07, 6.45) is 0.845. The van der Waals surface area contributed by atoms with Crippen LogP contribution in [0.2, 0.25) is 0 Å². The van der Waals surface area contributed by atoms with E-state index in [4.69, 9.17) is 4.74 Å². The molecule has 1 atom stereocenters. The molecule has 0 saturated heterocycles. The maximum absolute atomic E-state index is 12.3. The zero-order valence-electron chi connectivity index (χ0n) is 16.7. The molecule has 2 aromatic rings. The van der Waals surface area contributed by atoms with Crippen molar-refractivity contribution in [3.05, 3.63) is 59.7 Å². The van der Waals surface area contributed by atoms with Gasteiger partial charge in [0.25, 0.3) is 0 Å². The Morgan fingerprint density at radius 1 is 1.04 bits per heavy atom. The molecular formula is C21H28N2O4S. The number of ether oxygens (including phenoxy) is 1. The van der Waals surface area contributed by atoms with Crippen molar-refractivity contribution in [1.82, 2.24) is 10.0 Å². The highest BCUT2D eigenvalue weighted by molar-refractivity contribution is 7.89. The highest BCUT2D eigenvalue weighted by atomic mass is 32.2. The molecule has 0 fully saturated rings. The maximum atomic E-state index is 12.3. The van der Waals surface area contributed by atoms with E-state index >= 15 is 0 Å². The van der Waals surface area contributed by atoms with Crippen molar-refractivity contribution < 1.29 is 17.9 Å². The van der Waals surface area contributed by atoms with E-state index in [-0.39, 0.29) is 22.9 Å². The minimum atomic E-state index is -3.50. The van der Waals surface area contributed by atoms with Crippen LogP contribution in [0.1, 0.15) is 44.4 Å². The number of amides is 1. The summed E-state index contributed by atoms with van der Waals surface area (Å²) >= 11 is 0. The van der Waals surface area contributed by atoms with Gasteiger partial charge in [-0.25, -0.2) is 13.1 Å². The summed E-state index contributed by atoms with van der Waals surface area (Å²) in [5.41, 5.74) is 1.83. The monoisotopic (exact) mass is 404 g/mol. The lowest BCUT2D eigenvalue weighted by Gasteiger charge is -2.17. The van der Waals surface area contributed by atoms with E-state index < -0.39 is 10.0 Å². The molecule has 152 valence electrons. The summed E-state index contributed by atoms with van der Waals surface area (Å²) in [5.74, 6) is 0.665. The number of hydrogen-bond donors (Lipinski definition) is 2. The van der Waals surface area contributed by atoms with Crippen molar-refractivity contribution >= 4 is 15.9 Å². The van der Waals surface area contributed by atoms with Crippen LogP contribution < -0.4 is 14.8 Å². The van der Waals surface area contributed by atoms with E-state index in [0.717, 1.165) is 16.9 Å². The predicted octanol–water partition coefficient (Wildman–Crippen LogP) is 3.19. The van der Waals surface area contributed by atoms with Crippen LogP contribution in [0.4, 0.5) is 0 Å². The van der Waals surface area contributed by atoms with Crippen molar-refractivity contribution in [2.75, 3.05) is 7.11 Å². The molecule has 2 aromatic carbocycles. The van der Waals surface area contributed by atoms with Crippen LogP contribution in [-0.4, -0.2) is 27.5 Å². The molecule has 0 heterocycles. The van der Waals surface area contributed by atoms with E-state index in [9.17, 15) is 13.2 Å². The molecule has 6 nitrogen and oxygen atoms in total. The molecule has 1 amide bonds. The molecule has 7 heteroatoms. The minimum absolute atomic E-state index is 0.0726. The van der Waals surface area contributed by atoms with Crippen molar-refractivity contribution in [2.45, 2.75) is 50.6 Å². The first kappa shape index (κ1) is 21.9. The largest absolute Gasteiger partial charge is 0.496 e. The lowest BCUT2D eigenvalue weighted by molar-refractivity contribution is -0.121. The molecule has 0 bridgehead atoms. The summed E-state index contributed by atoms with van der Waals surface area (Å²) < 4.78 is 32.2. The second kappa shape index (κ2) is 9.71. The van der Waals surface area contributed by atoms with Gasteiger partial charge in [-0.05, 0) is 51.0 Å². The number of rotatable bonds is 9. The molecular weight excluding hydrogens is 376 g/mol. The Morgan fingerprint density at radius 3 is 2.29 bits per heavy atom. The molecule has 0 spiro atoms. The molecule has 28 heavy (non-hydrogen) atoms. The molecule has 0 radical (unpaired) electrons. The number of carbonyl (C=O) groups is 1. The SMILES string of the molecule is COc1ccccc1C(C)NC(=O)CCc1ccc(S(=O)(=O)NC(C)C)cc1. The summed E-state index contributed by atoms with van der Waals surface area (Å²) in [6, 6.07) is 13.9. The Morgan fingerprint density at radius 2 is 1.68 bits per heavy atom. The summed E-state index contributed by atoms with van der Waals surface area (Å²) in [6.45, 7) is 5.46. The third-order valence-electron chi connectivity index (χ3n) is 4.25. The number of hydrogen-bond acceptors (Lipinski definition) is 4. The second-order valence-corrected chi connectivity index (χ2v) is 8.67. The predicted molar refractivity (Wildman–Crippen MR) is 110 cm³/mol. The summed E-state index contributed by atoms with van der Waals surface area (Å²) in [4.78, 5) is 12.5. The van der Waals surface area contributed by atoms with E-state index in [1.165, 1.54) is 0 Å². The second-order valence-electron chi connectivity index (χ2n) is 6.95. The van der Waals surface area contributed by atoms with Gasteiger partial charge in [-0.3, -0.25) is 4.79 Å². The molecule has 2 rings (SSSR count). The average Bonchev–Trinajstić information content (AvgIpc) is 2.65. The highest BCUT2D eigenvalue weighted by Gasteiger charge is 2.16. The number of sulfonamides is 1. The lowest BCUT2D eigenvalue weighted by Crippen LogP contribution is -2.30. The number of methoxy groups -OCH3 is 1. The van der Waals surface area contributed by atoms with Crippen molar-refractivity contribution in [1.29, 1.82) is 0 Å². The molecule has 0 aliphatic heterocycles. The van der Waals surface area contributed by atoms with Gasteiger partial charge in [-0.1, -0.05) is 30.3 Å². The highest BCUT2D eigenvalue weighted by Crippen LogP contribution is 2.24. The average molecular weight is 405 g/mol. The third kappa shape index (κ3) is 6.07. The van der Waals surface area contributed by atoms with Gasteiger partial charge in [0.2, 0.25) is 15.9 Å². The summed E-state index contributed by atoms with van der Waals surface area (Å²) in [7, 11) is -1.90. The molecule has 0 aromatic heterocycles. The summed E-state index contributed by atoms with van der Waals surface area (Å²) in [5, 5.41) is 2.97. The van der Waals surface area contributed by atoms with Gasteiger partial charge >= 0.3 is 0 Å². The fraction of sp³-hybridized carbons (Fsp3) is 0.381. The Hall–Kier alpha value is -2.38. The number of aryl methyl sites for hydroxylation is 1. The van der Waals surface area contributed by atoms with E-state index in [1.807, 2.05) is 31.2 Å². The quantitative estimate of drug-likeness (QED) is 0.672. The Balaban J connectivity index is 1.92. The molecule has 0 aliphatic carbocycles. The fourth-order valence-corrected chi connectivity index (χ4v) is 4.14. The van der Waals surface area contributed by atoms with Crippen LogP contribution >= 0.6 is 0 Å². The lowest BCUT2D eigenvalue weighted by atomic mass is 10.1. The maximum Gasteiger partial charge on any atom is 0.240 e. The Labute approximate surface area is 167 Å². The van der Waals surface area contributed by atoms with Gasteiger partial charge in [0, 0.05) is 18.0 Å². The van der Waals surface area contributed by atoms with Gasteiger partial charge in [0.1, 0.15) is 5.75 Å². The zero-order valence-corrected chi connectivity index (χ0v) is 17.5. The van der Waals surface area contributed by atoms with Gasteiger partial charge in [0.05, 0.1) is 18.0 Å². The van der Waals surface area contributed by atoms with E-state index in [0.29, 0.717) is 12.8 Å². The number of para-hydroxylation sites is 1. The molecule has 0 saturated carbocycles. The topological polar surface area (TPSA) is 84.5 Å². The zero-order chi connectivity index (χ0) is 20.7. The molecule has 2 N–H and O–H groups in total. The number of benzene rings is 2. The van der Waals surface area contributed by atoms with Crippen LogP contribution in [0.3, 0.4) is 0 Å². The molecule has 0 aliphatic rings. The molecule has 1 unspecified atom stereocenters. The number of carbonyl (C=O) groups excluding carboxylic acids is 1. The minimum Gasteiger partial charge on any atom is -0.496 e. The van der Waals surface area contributed by atoms with Gasteiger partial charge < -0.3 is 10.1 Å². The normalized spacial score (nSPS) is 12.6. The van der Waals surface area contributed by atoms with Crippen LogP contribution in [0.15, 0.2) is 53.4 Å². The van der Waals surface area contributed by atoms with Gasteiger partial charge in [0.15, 0.2) is 0 Å². The first-order chi connectivity index (χ1) is 13.2. The smallest absolute Gasteiger partial charge is 0.240 e. The van der Waals surface area contributed by atoms with E-state index in [1.54, 1.807) is 45.2 Å². The first-order valence-electron chi connectivity index (χ1n) is 9.26. The Kier molecular flexibility index (Phi) is 7.60. The van der Waals surface area contributed by atoms with Crippen LogP contribution in [0.25, 0.3) is 0 Å². The fourth-order valence-electron chi connectivity index (χ4n) is 2.89. The van der Waals surface area contributed by atoms with Crippen molar-refractivity contribution in [3.63, 3.8) is 0 Å². The van der Waals surface area contributed by atoms with Gasteiger partial charge in [-0.2, -0.15) is 0 Å².